The standard InChI is InChI=1S/C11H17Cl2NO2S/c1-2-3-4-5-6-7-8-17(15,16)11(13)10(12)9-14/h2-8H2,1H3. The largest absolute Gasteiger partial charge is 0.223 e. The van der Waals surface area contributed by atoms with Crippen molar-refractivity contribution >= 4 is 33.0 Å². The molecular weight excluding hydrogens is 281 g/mol. The number of hydrogen-bond acceptors (Lipinski definition) is 3. The topological polar surface area (TPSA) is 57.9 Å². The highest BCUT2D eigenvalue weighted by Gasteiger charge is 2.19. The second-order valence-corrected chi connectivity index (χ2v) is 6.81. The Balaban J connectivity index is 4.09. The van der Waals surface area contributed by atoms with Gasteiger partial charge in [0.05, 0.1) is 5.75 Å². The van der Waals surface area contributed by atoms with Crippen LogP contribution in [0, 0.1) is 11.3 Å². The third-order valence-corrected chi connectivity index (χ3v) is 5.26. The van der Waals surface area contributed by atoms with Gasteiger partial charge in [-0.05, 0) is 6.42 Å². The first-order chi connectivity index (χ1) is 7.95. The van der Waals surface area contributed by atoms with Crippen molar-refractivity contribution in [2.75, 3.05) is 5.75 Å². The molecule has 17 heavy (non-hydrogen) atoms. The maximum atomic E-state index is 11.6. The van der Waals surface area contributed by atoms with E-state index in [1.807, 2.05) is 0 Å². The molecule has 0 fully saturated rings. The van der Waals surface area contributed by atoms with Crippen LogP contribution >= 0.6 is 23.2 Å². The van der Waals surface area contributed by atoms with Crippen LogP contribution in [0.2, 0.25) is 0 Å². The number of allylic oxidation sites excluding steroid dienone is 1. The molecule has 0 atom stereocenters. The first kappa shape index (κ1) is 16.8. The molecule has 0 aromatic carbocycles. The minimum atomic E-state index is -3.57. The van der Waals surface area contributed by atoms with E-state index in [4.69, 9.17) is 28.5 Å². The van der Waals surface area contributed by atoms with Gasteiger partial charge in [-0.25, -0.2) is 8.42 Å². The van der Waals surface area contributed by atoms with Crippen LogP contribution in [0.1, 0.15) is 45.4 Å². The van der Waals surface area contributed by atoms with Gasteiger partial charge in [0.25, 0.3) is 0 Å². The molecule has 0 aromatic rings. The molecule has 0 N–H and O–H groups in total. The Bertz CT molecular complexity index is 396. The maximum absolute atomic E-state index is 11.6. The molecule has 0 spiro atoms. The summed E-state index contributed by atoms with van der Waals surface area (Å²) in [6.45, 7) is 2.12. The SMILES string of the molecule is CCCCCCCCS(=O)(=O)C(Cl)=C(Cl)C#N. The Morgan fingerprint density at radius 2 is 1.65 bits per heavy atom. The number of unbranched alkanes of at least 4 members (excludes halogenated alkanes) is 5. The van der Waals surface area contributed by atoms with Crippen molar-refractivity contribution in [1.82, 2.24) is 0 Å². The molecule has 0 saturated carbocycles. The average Bonchev–Trinajstić information content (AvgIpc) is 2.31. The molecular formula is C11H17Cl2NO2S. The van der Waals surface area contributed by atoms with Gasteiger partial charge in [0.15, 0.2) is 14.2 Å². The second-order valence-electron chi connectivity index (χ2n) is 3.79. The molecule has 0 aliphatic rings. The van der Waals surface area contributed by atoms with E-state index in [-0.39, 0.29) is 5.75 Å². The average molecular weight is 298 g/mol. The van der Waals surface area contributed by atoms with Gasteiger partial charge in [-0.3, -0.25) is 0 Å². The van der Waals surface area contributed by atoms with Crippen molar-refractivity contribution in [3.63, 3.8) is 0 Å². The number of hydrogen-bond donors (Lipinski definition) is 0. The minimum Gasteiger partial charge on any atom is -0.223 e. The fourth-order valence-corrected chi connectivity index (χ4v) is 3.05. The molecule has 98 valence electrons. The van der Waals surface area contributed by atoms with Crippen LogP contribution in [0.3, 0.4) is 0 Å². The van der Waals surface area contributed by atoms with Crippen molar-refractivity contribution in [1.29, 1.82) is 5.26 Å². The van der Waals surface area contributed by atoms with Crippen molar-refractivity contribution in [3.05, 3.63) is 9.40 Å². The Morgan fingerprint density at radius 3 is 2.18 bits per heavy atom. The van der Waals surface area contributed by atoms with E-state index in [2.05, 4.69) is 6.92 Å². The molecule has 6 heteroatoms. The number of sulfone groups is 1. The number of rotatable bonds is 8. The van der Waals surface area contributed by atoms with E-state index in [0.717, 1.165) is 25.7 Å². The summed E-state index contributed by atoms with van der Waals surface area (Å²) in [6.07, 6.45) is 5.89. The lowest BCUT2D eigenvalue weighted by Gasteiger charge is -2.03. The Kier molecular flexibility index (Phi) is 8.67. The molecule has 3 nitrogen and oxygen atoms in total. The van der Waals surface area contributed by atoms with Crippen LogP contribution in [0.15, 0.2) is 9.40 Å². The van der Waals surface area contributed by atoms with Crippen LogP contribution in [0.4, 0.5) is 0 Å². The molecule has 0 saturated heterocycles. The predicted octanol–water partition coefficient (Wildman–Crippen LogP) is 3.93. The van der Waals surface area contributed by atoms with E-state index < -0.39 is 19.2 Å². The van der Waals surface area contributed by atoms with Gasteiger partial charge in [0, 0.05) is 0 Å². The number of halogens is 2. The molecule has 0 rings (SSSR count). The van der Waals surface area contributed by atoms with Crippen molar-refractivity contribution in [2.45, 2.75) is 45.4 Å². The first-order valence-electron chi connectivity index (χ1n) is 5.63. The highest BCUT2D eigenvalue weighted by Crippen LogP contribution is 2.21. The first-order valence-corrected chi connectivity index (χ1v) is 8.04. The van der Waals surface area contributed by atoms with Gasteiger partial charge in [-0.2, -0.15) is 5.26 Å². The van der Waals surface area contributed by atoms with Crippen LogP contribution < -0.4 is 0 Å². The fourth-order valence-electron chi connectivity index (χ4n) is 1.34. The van der Waals surface area contributed by atoms with Crippen LogP contribution in [-0.4, -0.2) is 14.2 Å². The molecule has 0 aliphatic carbocycles. The lowest BCUT2D eigenvalue weighted by atomic mass is 10.1. The zero-order valence-corrected chi connectivity index (χ0v) is 12.2. The monoisotopic (exact) mass is 297 g/mol. The fraction of sp³-hybridized carbons (Fsp3) is 0.727. The quantitative estimate of drug-likeness (QED) is 0.504. The summed E-state index contributed by atoms with van der Waals surface area (Å²) in [4.78, 5) is 0. The minimum absolute atomic E-state index is 0.0458. The van der Waals surface area contributed by atoms with E-state index in [0.29, 0.717) is 6.42 Å². The van der Waals surface area contributed by atoms with Gasteiger partial charge >= 0.3 is 0 Å². The summed E-state index contributed by atoms with van der Waals surface area (Å²) in [6, 6.07) is 1.52. The van der Waals surface area contributed by atoms with Crippen molar-refractivity contribution < 1.29 is 8.42 Å². The van der Waals surface area contributed by atoms with E-state index in [9.17, 15) is 8.42 Å². The van der Waals surface area contributed by atoms with Gasteiger partial charge in [0.1, 0.15) is 11.1 Å². The lowest BCUT2D eigenvalue weighted by Crippen LogP contribution is -2.07. The summed E-state index contributed by atoms with van der Waals surface area (Å²) in [5.41, 5.74) is 0. The van der Waals surface area contributed by atoms with E-state index in [1.165, 1.54) is 12.5 Å². The van der Waals surface area contributed by atoms with Gasteiger partial charge in [-0.15, -0.1) is 0 Å². The lowest BCUT2D eigenvalue weighted by molar-refractivity contribution is 0.590. The molecule has 0 radical (unpaired) electrons. The van der Waals surface area contributed by atoms with Crippen LogP contribution in [0.25, 0.3) is 0 Å². The predicted molar refractivity (Wildman–Crippen MR) is 71.5 cm³/mol. The Labute approximate surface area is 113 Å². The zero-order chi connectivity index (χ0) is 13.3. The molecule has 0 aromatic heterocycles. The van der Waals surface area contributed by atoms with Gasteiger partial charge < -0.3 is 0 Å². The van der Waals surface area contributed by atoms with Crippen molar-refractivity contribution in [3.8, 4) is 6.07 Å². The maximum Gasteiger partial charge on any atom is 0.191 e. The van der Waals surface area contributed by atoms with Crippen LogP contribution in [0.5, 0.6) is 0 Å². The second kappa shape index (κ2) is 8.79. The molecule has 0 bridgehead atoms. The van der Waals surface area contributed by atoms with E-state index >= 15 is 0 Å². The summed E-state index contributed by atoms with van der Waals surface area (Å²) in [5, 5.41) is 7.99. The summed E-state index contributed by atoms with van der Waals surface area (Å²) in [5.74, 6) is -0.0458. The third-order valence-electron chi connectivity index (χ3n) is 2.31. The van der Waals surface area contributed by atoms with E-state index in [1.54, 1.807) is 0 Å². The van der Waals surface area contributed by atoms with Gasteiger partial charge in [0.2, 0.25) is 0 Å². The Hall–Kier alpha value is -0.240. The highest BCUT2D eigenvalue weighted by atomic mass is 35.5. The molecule has 0 amide bonds. The molecule has 0 unspecified atom stereocenters. The normalized spacial score (nSPS) is 13.1. The Morgan fingerprint density at radius 1 is 1.12 bits per heavy atom. The molecule has 0 heterocycles. The smallest absolute Gasteiger partial charge is 0.191 e. The third kappa shape index (κ3) is 6.92. The van der Waals surface area contributed by atoms with Gasteiger partial charge in [-0.1, -0.05) is 62.2 Å². The zero-order valence-electron chi connectivity index (χ0n) is 9.88. The number of nitriles is 1. The summed E-state index contributed by atoms with van der Waals surface area (Å²) >= 11 is 10.9. The highest BCUT2D eigenvalue weighted by molar-refractivity contribution is 7.96. The number of nitrogens with zero attached hydrogens (tertiary/aromatic N) is 1. The summed E-state index contributed by atoms with van der Waals surface area (Å²) < 4.78 is 22.7. The van der Waals surface area contributed by atoms with Crippen molar-refractivity contribution in [2.24, 2.45) is 0 Å². The molecule has 0 aliphatic heterocycles. The summed E-state index contributed by atoms with van der Waals surface area (Å²) in [7, 11) is -3.57. The van der Waals surface area contributed by atoms with Crippen LogP contribution in [-0.2, 0) is 9.84 Å².